The number of aromatic nitrogens is 2. The minimum Gasteiger partial charge on any atom is -0.453 e. The summed E-state index contributed by atoms with van der Waals surface area (Å²) in [6, 6.07) is 19.9. The Balaban J connectivity index is 1.75. The first kappa shape index (κ1) is 18.3. The van der Waals surface area contributed by atoms with E-state index in [4.69, 9.17) is 16.0 Å². The molecule has 0 aliphatic rings. The second-order valence-electron chi connectivity index (χ2n) is 6.66. The van der Waals surface area contributed by atoms with Gasteiger partial charge in [0.2, 0.25) is 5.82 Å². The van der Waals surface area contributed by atoms with E-state index < -0.39 is 5.82 Å². The van der Waals surface area contributed by atoms with E-state index in [-0.39, 0.29) is 11.4 Å². The molecule has 0 N–H and O–H groups in total. The highest BCUT2D eigenvalue weighted by atomic mass is 35.5. The molecule has 0 amide bonds. The molecule has 5 rings (SSSR count). The van der Waals surface area contributed by atoms with Gasteiger partial charge in [-0.15, -0.1) is 0 Å². The molecule has 5 nitrogen and oxygen atoms in total. The molecular weight excluding hydrogens is 405 g/mol. The fourth-order valence-electron chi connectivity index (χ4n) is 3.23. The third-order valence-corrected chi connectivity index (χ3v) is 4.86. The Morgan fingerprint density at radius 1 is 1.03 bits per heavy atom. The summed E-state index contributed by atoms with van der Waals surface area (Å²) in [6.45, 7) is 0. The smallest absolute Gasteiger partial charge is 0.282 e. The number of fused-ring (bicyclic) bond motifs is 2. The summed E-state index contributed by atoms with van der Waals surface area (Å²) < 4.78 is 20.6. The van der Waals surface area contributed by atoms with Crippen LogP contribution in [-0.2, 0) is 0 Å². The molecule has 0 unspecified atom stereocenters. The quantitative estimate of drug-likeness (QED) is 0.365. The summed E-state index contributed by atoms with van der Waals surface area (Å²) in [5.74, 6) is 0.211. The van der Waals surface area contributed by atoms with E-state index in [1.807, 2.05) is 0 Å². The molecule has 0 aliphatic carbocycles. The van der Waals surface area contributed by atoms with Crippen LogP contribution in [0.3, 0.4) is 0 Å². The number of nitrogens with zero attached hydrogens (tertiary/aromatic N) is 3. The predicted molar refractivity (Wildman–Crippen MR) is 116 cm³/mol. The normalized spacial score (nSPS) is 11.7. The van der Waals surface area contributed by atoms with Gasteiger partial charge >= 0.3 is 0 Å². The molecule has 0 fully saturated rings. The Bertz CT molecular complexity index is 1500. The first-order valence-corrected chi connectivity index (χ1v) is 9.47. The lowest BCUT2D eigenvalue weighted by atomic mass is 10.2. The van der Waals surface area contributed by atoms with Crippen LogP contribution < -0.4 is 5.56 Å². The lowest BCUT2D eigenvalue weighted by Gasteiger charge is -2.07. The van der Waals surface area contributed by atoms with E-state index in [1.54, 1.807) is 60.7 Å². The van der Waals surface area contributed by atoms with Crippen LogP contribution in [0.15, 0.2) is 87.1 Å². The van der Waals surface area contributed by atoms with E-state index in [2.05, 4.69) is 10.1 Å². The third kappa shape index (κ3) is 3.27. The van der Waals surface area contributed by atoms with Crippen molar-refractivity contribution >= 4 is 39.7 Å². The minimum absolute atomic E-state index is 0.235. The molecule has 0 bridgehead atoms. The van der Waals surface area contributed by atoms with Gasteiger partial charge in [-0.05, 0) is 54.1 Å². The summed E-state index contributed by atoms with van der Waals surface area (Å²) in [7, 11) is 0. The fourth-order valence-corrected chi connectivity index (χ4v) is 3.41. The highest BCUT2D eigenvalue weighted by molar-refractivity contribution is 6.31. The Kier molecular flexibility index (Phi) is 4.41. The van der Waals surface area contributed by atoms with Crippen molar-refractivity contribution in [3.63, 3.8) is 0 Å². The van der Waals surface area contributed by atoms with Crippen LogP contribution in [0.5, 0.6) is 0 Å². The van der Waals surface area contributed by atoms with E-state index in [9.17, 15) is 9.18 Å². The number of hydrogen-bond acceptors (Lipinski definition) is 4. The van der Waals surface area contributed by atoms with E-state index in [0.29, 0.717) is 32.8 Å². The zero-order valence-corrected chi connectivity index (χ0v) is 16.2. The Morgan fingerprint density at radius 2 is 1.90 bits per heavy atom. The maximum atomic E-state index is 13.5. The number of halogens is 2. The zero-order valence-electron chi connectivity index (χ0n) is 15.4. The van der Waals surface area contributed by atoms with Gasteiger partial charge in [0.25, 0.3) is 5.56 Å². The second kappa shape index (κ2) is 7.24. The van der Waals surface area contributed by atoms with Crippen molar-refractivity contribution in [3.8, 4) is 11.6 Å². The Hall–Kier alpha value is -3.77. The molecule has 5 aromatic rings. The van der Waals surface area contributed by atoms with Crippen LogP contribution in [0.25, 0.3) is 33.5 Å². The van der Waals surface area contributed by atoms with E-state index >= 15 is 0 Å². The number of furan rings is 1. The van der Waals surface area contributed by atoms with Gasteiger partial charge in [-0.1, -0.05) is 35.9 Å². The first-order valence-electron chi connectivity index (χ1n) is 9.10. The van der Waals surface area contributed by atoms with Gasteiger partial charge in [0.05, 0.1) is 17.1 Å². The SMILES string of the molecule is O=c1c2ccccc2nc(-c2cc3cc(Cl)ccc3o2)n1N=Cc1cccc(F)c1. The predicted octanol–water partition coefficient (Wildman–Crippen LogP) is 5.48. The van der Waals surface area contributed by atoms with Crippen molar-refractivity contribution in [2.24, 2.45) is 5.10 Å². The number of benzene rings is 3. The minimum atomic E-state index is -0.391. The summed E-state index contributed by atoms with van der Waals surface area (Å²) >= 11 is 6.07. The van der Waals surface area contributed by atoms with Gasteiger partial charge in [-0.3, -0.25) is 4.79 Å². The average Bonchev–Trinajstić information content (AvgIpc) is 3.16. The largest absolute Gasteiger partial charge is 0.453 e. The first-order chi connectivity index (χ1) is 14.6. The van der Waals surface area contributed by atoms with Gasteiger partial charge in [-0.2, -0.15) is 9.78 Å². The average molecular weight is 418 g/mol. The van der Waals surface area contributed by atoms with E-state index in [1.165, 1.54) is 18.3 Å². The molecule has 146 valence electrons. The monoisotopic (exact) mass is 417 g/mol. The lowest BCUT2D eigenvalue weighted by molar-refractivity contribution is 0.615. The van der Waals surface area contributed by atoms with Crippen LogP contribution in [-0.4, -0.2) is 15.9 Å². The van der Waals surface area contributed by atoms with Gasteiger partial charge in [-0.25, -0.2) is 9.37 Å². The molecule has 0 atom stereocenters. The van der Waals surface area contributed by atoms with E-state index in [0.717, 1.165) is 10.1 Å². The third-order valence-electron chi connectivity index (χ3n) is 4.62. The van der Waals surface area contributed by atoms with Crippen molar-refractivity contribution in [3.05, 3.63) is 99.6 Å². The number of para-hydroxylation sites is 1. The molecule has 0 saturated heterocycles. The Labute approximate surface area is 174 Å². The standard InChI is InChI=1S/C23H13ClFN3O2/c24-16-8-9-20-15(11-16)12-21(30-20)22-27-19-7-2-1-6-18(19)23(29)28(22)26-13-14-4-3-5-17(25)10-14/h1-13H. The summed E-state index contributed by atoms with van der Waals surface area (Å²) in [5, 5.41) is 6.06. The van der Waals surface area contributed by atoms with Crippen LogP contribution >= 0.6 is 11.6 Å². The van der Waals surface area contributed by atoms with Crippen molar-refractivity contribution in [2.75, 3.05) is 0 Å². The van der Waals surface area contributed by atoms with Gasteiger partial charge in [0.1, 0.15) is 11.4 Å². The van der Waals surface area contributed by atoms with Crippen LogP contribution in [0, 0.1) is 5.82 Å². The van der Waals surface area contributed by atoms with Crippen LogP contribution in [0.1, 0.15) is 5.56 Å². The van der Waals surface area contributed by atoms with Crippen LogP contribution in [0.4, 0.5) is 4.39 Å². The number of rotatable bonds is 3. The molecule has 0 spiro atoms. The maximum absolute atomic E-state index is 13.5. The highest BCUT2D eigenvalue weighted by Gasteiger charge is 2.16. The van der Waals surface area contributed by atoms with Crippen LogP contribution in [0.2, 0.25) is 5.02 Å². The van der Waals surface area contributed by atoms with Gasteiger partial charge in [0, 0.05) is 10.4 Å². The topological polar surface area (TPSA) is 60.4 Å². The fraction of sp³-hybridized carbons (Fsp3) is 0. The van der Waals surface area contributed by atoms with Crippen molar-refractivity contribution in [1.29, 1.82) is 0 Å². The van der Waals surface area contributed by atoms with Crippen molar-refractivity contribution in [2.45, 2.75) is 0 Å². The second-order valence-corrected chi connectivity index (χ2v) is 7.10. The zero-order chi connectivity index (χ0) is 20.7. The molecular formula is C23H13ClFN3O2. The summed E-state index contributed by atoms with van der Waals surface area (Å²) in [5.41, 5.74) is 1.28. The highest BCUT2D eigenvalue weighted by Crippen LogP contribution is 2.29. The summed E-state index contributed by atoms with van der Waals surface area (Å²) in [6.07, 6.45) is 1.41. The number of hydrogen-bond donors (Lipinski definition) is 0. The molecule has 30 heavy (non-hydrogen) atoms. The van der Waals surface area contributed by atoms with Crippen molar-refractivity contribution in [1.82, 2.24) is 9.66 Å². The molecule has 2 heterocycles. The summed E-state index contributed by atoms with van der Waals surface area (Å²) in [4.78, 5) is 17.8. The molecule has 2 aromatic heterocycles. The Morgan fingerprint density at radius 3 is 2.77 bits per heavy atom. The molecule has 0 radical (unpaired) electrons. The molecule has 7 heteroatoms. The van der Waals surface area contributed by atoms with Gasteiger partial charge < -0.3 is 4.42 Å². The molecule has 0 saturated carbocycles. The van der Waals surface area contributed by atoms with Crippen molar-refractivity contribution < 1.29 is 8.81 Å². The molecule has 0 aliphatic heterocycles. The molecule has 3 aromatic carbocycles. The lowest BCUT2D eigenvalue weighted by Crippen LogP contribution is -2.20. The van der Waals surface area contributed by atoms with Gasteiger partial charge in [0.15, 0.2) is 5.76 Å². The maximum Gasteiger partial charge on any atom is 0.282 e.